The second-order valence-electron chi connectivity index (χ2n) is 4.79. The van der Waals surface area contributed by atoms with Crippen LogP contribution >= 0.6 is 34.8 Å². The Bertz CT molecular complexity index is 441. The zero-order valence-electron chi connectivity index (χ0n) is 11.5. The average molecular weight is 340 g/mol. The molecule has 1 atom stereocenters. The highest BCUT2D eigenvalue weighted by Crippen LogP contribution is 2.40. The molecule has 0 spiro atoms. The maximum Gasteiger partial charge on any atom is 0.509 e. The van der Waals surface area contributed by atoms with Crippen LogP contribution in [-0.2, 0) is 9.47 Å². The van der Waals surface area contributed by atoms with Crippen LogP contribution in [0.1, 0.15) is 38.9 Å². The molecule has 0 radical (unpaired) electrons. The van der Waals surface area contributed by atoms with Gasteiger partial charge in [0.25, 0.3) is 0 Å². The molecule has 0 saturated heterocycles. The van der Waals surface area contributed by atoms with Crippen molar-refractivity contribution in [2.75, 3.05) is 0 Å². The van der Waals surface area contributed by atoms with Gasteiger partial charge in [0.15, 0.2) is 5.60 Å². The van der Waals surface area contributed by atoms with E-state index in [-0.39, 0.29) is 0 Å². The molecule has 0 aromatic heterocycles. The fourth-order valence-corrected chi connectivity index (χ4v) is 1.58. The van der Waals surface area contributed by atoms with Gasteiger partial charge < -0.3 is 9.47 Å². The van der Waals surface area contributed by atoms with Crippen molar-refractivity contribution in [3.05, 3.63) is 35.9 Å². The second-order valence-corrected chi connectivity index (χ2v) is 7.07. The molecule has 6 heteroatoms. The Balaban J connectivity index is 2.70. The first-order valence-corrected chi connectivity index (χ1v) is 7.32. The summed E-state index contributed by atoms with van der Waals surface area (Å²) in [6, 6.07) is 9.39. The molecule has 0 heterocycles. The summed E-state index contributed by atoms with van der Waals surface area (Å²) in [5.41, 5.74) is -0.400. The third-order valence-corrected chi connectivity index (χ3v) is 4.17. The van der Waals surface area contributed by atoms with Gasteiger partial charge in [-0.2, -0.15) is 0 Å². The Morgan fingerprint density at radius 1 is 1.20 bits per heavy atom. The zero-order chi connectivity index (χ0) is 15.4. The summed E-state index contributed by atoms with van der Waals surface area (Å²) >= 11 is 17.3. The molecule has 0 bridgehead atoms. The van der Waals surface area contributed by atoms with Crippen LogP contribution in [0.25, 0.3) is 0 Å². The van der Waals surface area contributed by atoms with Crippen LogP contribution in [0.4, 0.5) is 4.79 Å². The molecule has 0 amide bonds. The fourth-order valence-electron chi connectivity index (χ4n) is 1.46. The molecule has 112 valence electrons. The highest BCUT2D eigenvalue weighted by molar-refractivity contribution is 6.68. The van der Waals surface area contributed by atoms with Crippen LogP contribution in [0, 0.1) is 0 Å². The highest BCUT2D eigenvalue weighted by Gasteiger charge is 2.44. The lowest BCUT2D eigenvalue weighted by molar-refractivity contribution is -0.0342. The minimum Gasteiger partial charge on any atom is -0.426 e. The van der Waals surface area contributed by atoms with Crippen molar-refractivity contribution in [3.63, 3.8) is 0 Å². The van der Waals surface area contributed by atoms with E-state index < -0.39 is 21.7 Å². The number of carbonyl (C=O) groups excluding carboxylic acids is 1. The highest BCUT2D eigenvalue weighted by atomic mass is 35.6. The van der Waals surface area contributed by atoms with E-state index in [0.29, 0.717) is 6.42 Å². The number of carbonyl (C=O) groups is 1. The van der Waals surface area contributed by atoms with E-state index in [2.05, 4.69) is 0 Å². The van der Waals surface area contributed by atoms with Gasteiger partial charge >= 0.3 is 6.16 Å². The zero-order valence-corrected chi connectivity index (χ0v) is 13.8. The van der Waals surface area contributed by atoms with Gasteiger partial charge in [-0.3, -0.25) is 0 Å². The average Bonchev–Trinajstić information content (AvgIpc) is 2.35. The van der Waals surface area contributed by atoms with E-state index in [0.717, 1.165) is 5.56 Å². The van der Waals surface area contributed by atoms with Crippen molar-refractivity contribution >= 4 is 41.0 Å². The summed E-state index contributed by atoms with van der Waals surface area (Å²) in [5.74, 6) is 0. The van der Waals surface area contributed by atoms with Crippen LogP contribution in [0.5, 0.6) is 0 Å². The molecule has 0 aliphatic heterocycles. The Morgan fingerprint density at radius 2 is 1.75 bits per heavy atom. The van der Waals surface area contributed by atoms with Crippen LogP contribution in [0.15, 0.2) is 30.3 Å². The van der Waals surface area contributed by atoms with Gasteiger partial charge in [0.2, 0.25) is 3.79 Å². The Labute approximate surface area is 134 Å². The van der Waals surface area contributed by atoms with Crippen LogP contribution in [0.2, 0.25) is 0 Å². The number of hydrogen-bond donors (Lipinski definition) is 0. The van der Waals surface area contributed by atoms with Crippen molar-refractivity contribution in [2.45, 2.75) is 42.7 Å². The van der Waals surface area contributed by atoms with Crippen molar-refractivity contribution in [3.8, 4) is 0 Å². The van der Waals surface area contributed by atoms with E-state index in [1.807, 2.05) is 37.3 Å². The maximum absolute atomic E-state index is 11.8. The summed E-state index contributed by atoms with van der Waals surface area (Å²) < 4.78 is 8.64. The number of benzene rings is 1. The van der Waals surface area contributed by atoms with Gasteiger partial charge in [0.05, 0.1) is 0 Å². The van der Waals surface area contributed by atoms with E-state index in [4.69, 9.17) is 44.3 Å². The third-order valence-electron chi connectivity index (χ3n) is 2.80. The molecule has 0 aliphatic rings. The lowest BCUT2D eigenvalue weighted by Crippen LogP contribution is -2.41. The van der Waals surface area contributed by atoms with Gasteiger partial charge in [-0.25, -0.2) is 4.79 Å². The first-order valence-electron chi connectivity index (χ1n) is 6.18. The second kappa shape index (κ2) is 6.88. The number of alkyl halides is 3. The van der Waals surface area contributed by atoms with Crippen molar-refractivity contribution in [1.29, 1.82) is 0 Å². The Hall–Kier alpha value is -0.640. The SMILES string of the molecule is CCC(OC(=O)OC(C)(C)C(Cl)(Cl)Cl)c1ccccc1. The maximum atomic E-state index is 11.8. The quantitative estimate of drug-likeness (QED) is 0.541. The standard InChI is InChI=1S/C14H17Cl3O3/c1-4-11(10-8-6-5-7-9-10)19-12(18)20-13(2,3)14(15,16)17/h5-9,11H,4H2,1-3H3. The largest absolute Gasteiger partial charge is 0.509 e. The molecule has 1 aromatic carbocycles. The van der Waals surface area contributed by atoms with Gasteiger partial charge in [-0.15, -0.1) is 0 Å². The minimum absolute atomic E-state index is 0.394. The van der Waals surface area contributed by atoms with Gasteiger partial charge in [-0.05, 0) is 25.8 Å². The van der Waals surface area contributed by atoms with E-state index >= 15 is 0 Å². The number of hydrogen-bond acceptors (Lipinski definition) is 3. The number of rotatable bonds is 4. The van der Waals surface area contributed by atoms with E-state index in [1.54, 1.807) is 0 Å². The van der Waals surface area contributed by atoms with Gasteiger partial charge in [0, 0.05) is 0 Å². The van der Waals surface area contributed by atoms with Gasteiger partial charge in [-0.1, -0.05) is 72.1 Å². The first kappa shape index (κ1) is 17.4. The molecule has 0 saturated carbocycles. The Kier molecular flexibility index (Phi) is 5.99. The molecular weight excluding hydrogens is 323 g/mol. The molecule has 1 rings (SSSR count). The lowest BCUT2D eigenvalue weighted by atomic mass is 10.1. The smallest absolute Gasteiger partial charge is 0.426 e. The summed E-state index contributed by atoms with van der Waals surface area (Å²) in [4.78, 5) is 11.8. The molecule has 20 heavy (non-hydrogen) atoms. The molecular formula is C14H17Cl3O3. The van der Waals surface area contributed by atoms with E-state index in [1.165, 1.54) is 13.8 Å². The molecule has 0 fully saturated rings. The van der Waals surface area contributed by atoms with Crippen LogP contribution < -0.4 is 0 Å². The van der Waals surface area contributed by atoms with Crippen molar-refractivity contribution in [1.82, 2.24) is 0 Å². The summed E-state index contributed by atoms with van der Waals surface area (Å²) in [6.45, 7) is 4.92. The summed E-state index contributed by atoms with van der Waals surface area (Å²) in [7, 11) is 0. The molecule has 1 unspecified atom stereocenters. The molecule has 0 N–H and O–H groups in total. The predicted octanol–water partition coefficient (Wildman–Crippen LogP) is 5.44. The normalized spacial score (nSPS) is 13.7. The van der Waals surface area contributed by atoms with Crippen LogP contribution in [-0.4, -0.2) is 15.5 Å². The van der Waals surface area contributed by atoms with Gasteiger partial charge in [0.1, 0.15) is 6.10 Å². The predicted molar refractivity (Wildman–Crippen MR) is 81.4 cm³/mol. The monoisotopic (exact) mass is 338 g/mol. The molecule has 1 aromatic rings. The third kappa shape index (κ3) is 4.72. The minimum atomic E-state index is -1.74. The first-order chi connectivity index (χ1) is 9.17. The Morgan fingerprint density at radius 3 is 2.20 bits per heavy atom. The number of ether oxygens (including phenoxy) is 2. The molecule has 0 aliphatic carbocycles. The summed E-state index contributed by atoms with van der Waals surface area (Å²) in [6.07, 6.45) is -0.639. The number of halogens is 3. The van der Waals surface area contributed by atoms with Crippen LogP contribution in [0.3, 0.4) is 0 Å². The summed E-state index contributed by atoms with van der Waals surface area (Å²) in [5, 5.41) is 0. The topological polar surface area (TPSA) is 35.5 Å². The lowest BCUT2D eigenvalue weighted by Gasteiger charge is -2.31. The molecule has 3 nitrogen and oxygen atoms in total. The van der Waals surface area contributed by atoms with Crippen molar-refractivity contribution < 1.29 is 14.3 Å². The van der Waals surface area contributed by atoms with E-state index in [9.17, 15) is 4.79 Å². The fraction of sp³-hybridized carbons (Fsp3) is 0.500. The van der Waals surface area contributed by atoms with Crippen molar-refractivity contribution in [2.24, 2.45) is 0 Å².